The normalized spacial score (nSPS) is 16.7. The van der Waals surface area contributed by atoms with Gasteiger partial charge in [0.2, 0.25) is 0 Å². The molecule has 7 nitrogen and oxygen atoms in total. The van der Waals surface area contributed by atoms with Crippen LogP contribution >= 0.6 is 0 Å². The van der Waals surface area contributed by atoms with E-state index in [1.165, 1.54) is 17.7 Å². The van der Waals surface area contributed by atoms with E-state index in [1.807, 2.05) is 6.92 Å². The van der Waals surface area contributed by atoms with E-state index in [4.69, 9.17) is 4.74 Å². The molecule has 1 unspecified atom stereocenters. The van der Waals surface area contributed by atoms with E-state index < -0.39 is 0 Å². The second-order valence-corrected chi connectivity index (χ2v) is 8.83. The molecule has 2 aliphatic heterocycles. The summed E-state index contributed by atoms with van der Waals surface area (Å²) in [4.78, 5) is 42.1. The van der Waals surface area contributed by atoms with Crippen LogP contribution < -0.4 is 10.1 Å². The highest BCUT2D eigenvalue weighted by atomic mass is 16.5. The van der Waals surface area contributed by atoms with E-state index in [0.29, 0.717) is 47.1 Å². The van der Waals surface area contributed by atoms with Crippen molar-refractivity contribution < 1.29 is 19.1 Å². The summed E-state index contributed by atoms with van der Waals surface area (Å²) in [6, 6.07) is 12.1. The van der Waals surface area contributed by atoms with Crippen LogP contribution in [-0.2, 0) is 6.54 Å². The van der Waals surface area contributed by atoms with Crippen LogP contribution in [0.25, 0.3) is 0 Å². The number of likely N-dealkylation sites (tertiary alicyclic amines) is 1. The summed E-state index contributed by atoms with van der Waals surface area (Å²) in [5.74, 6) is -0.00851. The molecule has 0 aliphatic carbocycles. The van der Waals surface area contributed by atoms with Gasteiger partial charge in [-0.25, -0.2) is 0 Å². The predicted octanol–water partition coefficient (Wildman–Crippen LogP) is 3.34. The Bertz CT molecular complexity index is 1010. The molecule has 1 atom stereocenters. The Kier molecular flexibility index (Phi) is 7.08. The van der Waals surface area contributed by atoms with Gasteiger partial charge in [0.05, 0.1) is 29.8 Å². The van der Waals surface area contributed by atoms with E-state index in [0.717, 1.165) is 19.6 Å². The van der Waals surface area contributed by atoms with Gasteiger partial charge in [0.1, 0.15) is 5.75 Å². The van der Waals surface area contributed by atoms with Crippen molar-refractivity contribution in [3.63, 3.8) is 0 Å². The number of hydrogen-bond acceptors (Lipinski definition) is 5. The molecule has 3 amide bonds. The summed E-state index contributed by atoms with van der Waals surface area (Å²) in [6.45, 7) is 8.35. The Hall–Kier alpha value is -3.19. The minimum absolute atomic E-state index is 0.102. The number of carbonyl (C=O) groups excluding carboxylic acids is 3. The van der Waals surface area contributed by atoms with E-state index >= 15 is 0 Å². The molecule has 0 bridgehead atoms. The van der Waals surface area contributed by atoms with Crippen LogP contribution in [-0.4, -0.2) is 60.3 Å². The van der Waals surface area contributed by atoms with Crippen LogP contribution in [0.4, 0.5) is 0 Å². The Balaban J connectivity index is 1.46. The molecule has 0 aromatic heterocycles. The van der Waals surface area contributed by atoms with Gasteiger partial charge in [0, 0.05) is 13.1 Å². The first-order valence-corrected chi connectivity index (χ1v) is 11.7. The molecule has 0 radical (unpaired) electrons. The summed E-state index contributed by atoms with van der Waals surface area (Å²) in [7, 11) is 0. The number of rotatable bonds is 9. The standard InChI is InChI=1S/C26H31N3O4/c1-3-33-23-11-10-19(17-29-25(31)20-8-4-5-9-21(20)26(29)32)14-22(23)24(30)27-15-18(2)16-28-12-6-7-13-28/h4-5,8-11,14,18H,3,6-7,12-13,15-17H2,1-2H3,(H,27,30). The Morgan fingerprint density at radius 2 is 1.73 bits per heavy atom. The zero-order valence-corrected chi connectivity index (χ0v) is 19.3. The van der Waals surface area contributed by atoms with Gasteiger partial charge in [-0.15, -0.1) is 0 Å². The number of ether oxygens (including phenoxy) is 1. The maximum Gasteiger partial charge on any atom is 0.261 e. The van der Waals surface area contributed by atoms with Gasteiger partial charge < -0.3 is 15.0 Å². The molecule has 33 heavy (non-hydrogen) atoms. The van der Waals surface area contributed by atoms with Crippen LogP contribution in [0.3, 0.4) is 0 Å². The van der Waals surface area contributed by atoms with Crippen molar-refractivity contribution in [2.45, 2.75) is 33.2 Å². The molecule has 2 aromatic rings. The SMILES string of the molecule is CCOc1ccc(CN2C(=O)c3ccccc3C2=O)cc1C(=O)NCC(C)CN1CCCC1. The van der Waals surface area contributed by atoms with Crippen LogP contribution in [0.5, 0.6) is 5.75 Å². The molecule has 2 aliphatic rings. The number of hydrogen-bond donors (Lipinski definition) is 1. The van der Waals surface area contributed by atoms with E-state index in [2.05, 4.69) is 17.1 Å². The summed E-state index contributed by atoms with van der Waals surface area (Å²) in [6.07, 6.45) is 2.49. The molecular formula is C26H31N3O4. The van der Waals surface area contributed by atoms with Crippen molar-refractivity contribution in [1.29, 1.82) is 0 Å². The molecule has 1 N–H and O–H groups in total. The molecule has 4 rings (SSSR count). The quantitative estimate of drug-likeness (QED) is 0.594. The Labute approximate surface area is 194 Å². The fourth-order valence-corrected chi connectivity index (χ4v) is 4.53. The topological polar surface area (TPSA) is 78.9 Å². The minimum atomic E-state index is -0.314. The molecule has 2 aromatic carbocycles. The fraction of sp³-hybridized carbons (Fsp3) is 0.423. The first-order valence-electron chi connectivity index (χ1n) is 11.7. The van der Waals surface area contributed by atoms with Gasteiger partial charge in [0.15, 0.2) is 0 Å². The monoisotopic (exact) mass is 449 g/mol. The lowest BCUT2D eigenvalue weighted by Gasteiger charge is -2.21. The van der Waals surface area contributed by atoms with Gasteiger partial charge in [-0.05, 0) is 68.6 Å². The third kappa shape index (κ3) is 5.09. The first-order chi connectivity index (χ1) is 16.0. The van der Waals surface area contributed by atoms with Crippen LogP contribution in [0.1, 0.15) is 63.3 Å². The smallest absolute Gasteiger partial charge is 0.261 e. The number of nitrogens with zero attached hydrogens (tertiary/aromatic N) is 2. The third-order valence-corrected chi connectivity index (χ3v) is 6.19. The molecule has 0 spiro atoms. The van der Waals surface area contributed by atoms with Gasteiger partial charge in [-0.3, -0.25) is 19.3 Å². The Morgan fingerprint density at radius 1 is 1.06 bits per heavy atom. The van der Waals surface area contributed by atoms with Crippen molar-refractivity contribution in [2.75, 3.05) is 32.8 Å². The second kappa shape index (κ2) is 10.2. The van der Waals surface area contributed by atoms with Gasteiger partial charge >= 0.3 is 0 Å². The zero-order valence-electron chi connectivity index (χ0n) is 19.3. The molecule has 1 saturated heterocycles. The number of carbonyl (C=O) groups is 3. The van der Waals surface area contributed by atoms with E-state index in [-0.39, 0.29) is 24.3 Å². The zero-order chi connectivity index (χ0) is 23.4. The number of nitrogens with one attached hydrogen (secondary N) is 1. The number of imide groups is 1. The fourth-order valence-electron chi connectivity index (χ4n) is 4.53. The molecule has 1 fully saturated rings. The van der Waals surface area contributed by atoms with Gasteiger partial charge in [-0.2, -0.15) is 0 Å². The average molecular weight is 450 g/mol. The van der Waals surface area contributed by atoms with Crippen molar-refractivity contribution in [2.24, 2.45) is 5.92 Å². The summed E-state index contributed by atoms with van der Waals surface area (Å²) in [5.41, 5.74) is 1.94. The number of fused-ring (bicyclic) bond motifs is 1. The van der Waals surface area contributed by atoms with Crippen LogP contribution in [0.2, 0.25) is 0 Å². The summed E-state index contributed by atoms with van der Waals surface area (Å²) in [5, 5.41) is 3.03. The largest absolute Gasteiger partial charge is 0.493 e. The van der Waals surface area contributed by atoms with Gasteiger partial charge in [0.25, 0.3) is 17.7 Å². The third-order valence-electron chi connectivity index (χ3n) is 6.19. The highest BCUT2D eigenvalue weighted by molar-refractivity contribution is 6.21. The summed E-state index contributed by atoms with van der Waals surface area (Å²) < 4.78 is 5.67. The molecule has 174 valence electrons. The average Bonchev–Trinajstić information content (AvgIpc) is 3.41. The van der Waals surface area contributed by atoms with Crippen molar-refractivity contribution in [3.8, 4) is 5.75 Å². The van der Waals surface area contributed by atoms with Crippen LogP contribution in [0.15, 0.2) is 42.5 Å². The lowest BCUT2D eigenvalue weighted by Crippen LogP contribution is -2.34. The highest BCUT2D eigenvalue weighted by Crippen LogP contribution is 2.26. The number of benzene rings is 2. The predicted molar refractivity (Wildman–Crippen MR) is 125 cm³/mol. The lowest BCUT2D eigenvalue weighted by molar-refractivity contribution is 0.0642. The van der Waals surface area contributed by atoms with Gasteiger partial charge in [-0.1, -0.05) is 25.1 Å². The Morgan fingerprint density at radius 3 is 2.36 bits per heavy atom. The minimum Gasteiger partial charge on any atom is -0.493 e. The van der Waals surface area contributed by atoms with Crippen molar-refractivity contribution in [1.82, 2.24) is 15.1 Å². The second-order valence-electron chi connectivity index (χ2n) is 8.83. The highest BCUT2D eigenvalue weighted by Gasteiger charge is 2.35. The van der Waals surface area contributed by atoms with E-state index in [1.54, 1.807) is 42.5 Å². The molecular weight excluding hydrogens is 418 g/mol. The molecule has 0 saturated carbocycles. The maximum atomic E-state index is 13.0. The maximum absolute atomic E-state index is 13.0. The summed E-state index contributed by atoms with van der Waals surface area (Å²) >= 11 is 0. The van der Waals surface area contributed by atoms with Crippen molar-refractivity contribution in [3.05, 3.63) is 64.7 Å². The lowest BCUT2D eigenvalue weighted by atomic mass is 10.1. The van der Waals surface area contributed by atoms with E-state index in [9.17, 15) is 14.4 Å². The number of amides is 3. The first kappa shape index (κ1) is 23.0. The molecule has 2 heterocycles. The van der Waals surface area contributed by atoms with Crippen molar-refractivity contribution >= 4 is 17.7 Å². The molecule has 7 heteroatoms. The van der Waals surface area contributed by atoms with Crippen LogP contribution in [0, 0.1) is 5.92 Å².